The third kappa shape index (κ3) is 3.42. The zero-order valence-corrected chi connectivity index (χ0v) is 14.2. The van der Waals surface area contributed by atoms with Crippen LogP contribution in [0.1, 0.15) is 36.5 Å². The van der Waals surface area contributed by atoms with Gasteiger partial charge in [0.15, 0.2) is 0 Å². The molecule has 2 aromatic rings. The smallest absolute Gasteiger partial charge is 0.319 e. The minimum absolute atomic E-state index is 0.0373. The molecule has 3 nitrogen and oxygen atoms in total. The van der Waals surface area contributed by atoms with Gasteiger partial charge in [0.1, 0.15) is 5.82 Å². The Morgan fingerprint density at radius 1 is 1.17 bits per heavy atom. The molecule has 1 fully saturated rings. The van der Waals surface area contributed by atoms with Crippen LogP contribution < -0.4 is 10.6 Å². The van der Waals surface area contributed by atoms with Crippen LogP contribution >= 0.6 is 0 Å². The van der Waals surface area contributed by atoms with E-state index in [0.717, 1.165) is 41.6 Å². The third-order valence-corrected chi connectivity index (χ3v) is 4.88. The van der Waals surface area contributed by atoms with Crippen LogP contribution in [-0.2, 0) is 11.8 Å². The average molecular weight is 326 g/mol. The monoisotopic (exact) mass is 326 g/mol. The molecule has 24 heavy (non-hydrogen) atoms. The summed E-state index contributed by atoms with van der Waals surface area (Å²) in [6.45, 7) is 4.64. The molecule has 0 saturated heterocycles. The highest BCUT2D eigenvalue weighted by Crippen LogP contribution is 2.47. The summed E-state index contributed by atoms with van der Waals surface area (Å²) in [5.41, 5.74) is 4.14. The molecule has 1 aliphatic carbocycles. The number of urea groups is 1. The van der Waals surface area contributed by atoms with Gasteiger partial charge in [-0.05, 0) is 55.0 Å². The van der Waals surface area contributed by atoms with E-state index in [1.54, 1.807) is 0 Å². The molecular formula is C20H23FN2O. The Kier molecular flexibility index (Phi) is 4.56. The van der Waals surface area contributed by atoms with Crippen molar-refractivity contribution in [2.45, 2.75) is 38.5 Å². The number of rotatable bonds is 5. The zero-order valence-electron chi connectivity index (χ0n) is 14.2. The fourth-order valence-electron chi connectivity index (χ4n) is 3.13. The molecule has 0 unspecified atom stereocenters. The lowest BCUT2D eigenvalue weighted by Crippen LogP contribution is -2.35. The van der Waals surface area contributed by atoms with Gasteiger partial charge in [-0.15, -0.1) is 0 Å². The Morgan fingerprint density at radius 3 is 2.50 bits per heavy atom. The summed E-state index contributed by atoms with van der Waals surface area (Å²) >= 11 is 0. The topological polar surface area (TPSA) is 41.1 Å². The standard InChI is InChI=1S/C20H23FN2O/c1-3-15-6-4-5-14(2)18(15)23-19(24)22-13-20(11-12-20)16-7-9-17(21)10-8-16/h4-10H,3,11-13H2,1-2H3,(H2,22,23,24). The second-order valence-corrected chi connectivity index (χ2v) is 6.56. The number of hydrogen-bond acceptors (Lipinski definition) is 1. The van der Waals surface area contributed by atoms with Gasteiger partial charge in [0.25, 0.3) is 0 Å². The van der Waals surface area contributed by atoms with Crippen LogP contribution in [0.25, 0.3) is 0 Å². The molecule has 1 aliphatic rings. The summed E-state index contributed by atoms with van der Waals surface area (Å²) < 4.78 is 13.1. The molecule has 3 rings (SSSR count). The Bertz CT molecular complexity index is 736. The normalized spacial score (nSPS) is 15.0. The quantitative estimate of drug-likeness (QED) is 0.831. The van der Waals surface area contributed by atoms with Gasteiger partial charge >= 0.3 is 6.03 Å². The van der Waals surface area contributed by atoms with Crippen LogP contribution in [0, 0.1) is 12.7 Å². The van der Waals surface area contributed by atoms with Crippen LogP contribution in [0.15, 0.2) is 42.5 Å². The van der Waals surface area contributed by atoms with Crippen molar-refractivity contribution in [1.29, 1.82) is 0 Å². The number of amides is 2. The second-order valence-electron chi connectivity index (χ2n) is 6.56. The maximum atomic E-state index is 13.1. The number of nitrogens with one attached hydrogen (secondary N) is 2. The molecule has 2 aromatic carbocycles. The first-order valence-electron chi connectivity index (χ1n) is 8.43. The first-order chi connectivity index (χ1) is 11.5. The Balaban J connectivity index is 1.63. The van der Waals surface area contributed by atoms with Gasteiger partial charge in [-0.25, -0.2) is 9.18 Å². The maximum Gasteiger partial charge on any atom is 0.319 e. The van der Waals surface area contributed by atoms with Crippen molar-refractivity contribution in [1.82, 2.24) is 5.32 Å². The van der Waals surface area contributed by atoms with E-state index >= 15 is 0 Å². The van der Waals surface area contributed by atoms with E-state index in [0.29, 0.717) is 6.54 Å². The van der Waals surface area contributed by atoms with Gasteiger partial charge in [0.05, 0.1) is 0 Å². The van der Waals surface area contributed by atoms with Gasteiger partial charge in [-0.2, -0.15) is 0 Å². The second kappa shape index (κ2) is 6.63. The predicted molar refractivity (Wildman–Crippen MR) is 94.9 cm³/mol. The molecule has 0 spiro atoms. The molecule has 4 heteroatoms. The lowest BCUT2D eigenvalue weighted by Gasteiger charge is -2.18. The number of hydrogen-bond donors (Lipinski definition) is 2. The molecule has 126 valence electrons. The lowest BCUT2D eigenvalue weighted by molar-refractivity contribution is 0.251. The van der Waals surface area contributed by atoms with Crippen molar-refractivity contribution in [3.8, 4) is 0 Å². The number of halogens is 1. The summed E-state index contributed by atoms with van der Waals surface area (Å²) in [5.74, 6) is -0.230. The number of para-hydroxylation sites is 1. The molecule has 0 radical (unpaired) electrons. The zero-order chi connectivity index (χ0) is 17.2. The highest BCUT2D eigenvalue weighted by Gasteiger charge is 2.44. The minimum Gasteiger partial charge on any atom is -0.337 e. The van der Waals surface area contributed by atoms with Crippen LogP contribution in [-0.4, -0.2) is 12.6 Å². The van der Waals surface area contributed by atoms with Gasteiger partial charge < -0.3 is 10.6 Å². The highest BCUT2D eigenvalue weighted by atomic mass is 19.1. The first kappa shape index (κ1) is 16.5. The lowest BCUT2D eigenvalue weighted by atomic mass is 9.96. The number of carbonyl (C=O) groups is 1. The molecule has 1 saturated carbocycles. The Labute approximate surface area is 142 Å². The third-order valence-electron chi connectivity index (χ3n) is 4.88. The first-order valence-corrected chi connectivity index (χ1v) is 8.43. The van der Waals surface area contributed by atoms with Crippen molar-refractivity contribution < 1.29 is 9.18 Å². The summed E-state index contributed by atoms with van der Waals surface area (Å²) in [6.07, 6.45) is 2.91. The number of benzene rings is 2. The van der Waals surface area contributed by atoms with Crippen molar-refractivity contribution in [3.05, 3.63) is 65.0 Å². The SMILES string of the molecule is CCc1cccc(C)c1NC(=O)NCC1(c2ccc(F)cc2)CC1. The van der Waals surface area contributed by atoms with E-state index in [1.807, 2.05) is 37.3 Å². The van der Waals surface area contributed by atoms with E-state index in [1.165, 1.54) is 12.1 Å². The van der Waals surface area contributed by atoms with Gasteiger partial charge in [0.2, 0.25) is 0 Å². The molecule has 0 aromatic heterocycles. The Hall–Kier alpha value is -2.36. The molecule has 0 heterocycles. The number of anilines is 1. The van der Waals surface area contributed by atoms with Crippen molar-refractivity contribution in [3.63, 3.8) is 0 Å². The molecule has 0 bridgehead atoms. The Morgan fingerprint density at radius 2 is 1.88 bits per heavy atom. The van der Waals surface area contributed by atoms with Crippen LogP contribution in [0.4, 0.5) is 14.9 Å². The fourth-order valence-corrected chi connectivity index (χ4v) is 3.13. The molecular weight excluding hydrogens is 303 g/mol. The number of aryl methyl sites for hydroxylation is 2. The fraction of sp³-hybridized carbons (Fsp3) is 0.350. The minimum atomic E-state index is -0.230. The van der Waals surface area contributed by atoms with E-state index in [-0.39, 0.29) is 17.3 Å². The highest BCUT2D eigenvalue weighted by molar-refractivity contribution is 5.91. The van der Waals surface area contributed by atoms with E-state index in [4.69, 9.17) is 0 Å². The summed E-state index contributed by atoms with van der Waals surface area (Å²) in [7, 11) is 0. The molecule has 2 amide bonds. The average Bonchev–Trinajstić information content (AvgIpc) is 3.36. The van der Waals surface area contributed by atoms with E-state index in [2.05, 4.69) is 17.6 Å². The summed E-state index contributed by atoms with van der Waals surface area (Å²) in [4.78, 5) is 12.3. The van der Waals surface area contributed by atoms with Crippen LogP contribution in [0.5, 0.6) is 0 Å². The van der Waals surface area contributed by atoms with Crippen molar-refractivity contribution in [2.75, 3.05) is 11.9 Å². The summed E-state index contributed by atoms with van der Waals surface area (Å²) in [5, 5.41) is 5.96. The molecule has 2 N–H and O–H groups in total. The largest absolute Gasteiger partial charge is 0.337 e. The van der Waals surface area contributed by atoms with Gasteiger partial charge in [-0.3, -0.25) is 0 Å². The van der Waals surface area contributed by atoms with Crippen LogP contribution in [0.2, 0.25) is 0 Å². The van der Waals surface area contributed by atoms with Crippen molar-refractivity contribution >= 4 is 11.7 Å². The maximum absolute atomic E-state index is 13.1. The molecule has 0 aliphatic heterocycles. The molecule has 0 atom stereocenters. The number of carbonyl (C=O) groups excluding carboxylic acids is 1. The predicted octanol–water partition coefficient (Wildman–Crippen LogP) is 4.55. The summed E-state index contributed by atoms with van der Waals surface area (Å²) in [6, 6.07) is 12.4. The van der Waals surface area contributed by atoms with E-state index < -0.39 is 0 Å². The van der Waals surface area contributed by atoms with E-state index in [9.17, 15) is 9.18 Å². The van der Waals surface area contributed by atoms with Gasteiger partial charge in [-0.1, -0.05) is 37.3 Å². The van der Waals surface area contributed by atoms with Gasteiger partial charge in [0, 0.05) is 17.6 Å². The van der Waals surface area contributed by atoms with Crippen LogP contribution in [0.3, 0.4) is 0 Å². The van der Waals surface area contributed by atoms with Crippen molar-refractivity contribution in [2.24, 2.45) is 0 Å².